The van der Waals surface area contributed by atoms with Crippen molar-refractivity contribution >= 4 is 11.6 Å². The Morgan fingerprint density at radius 2 is 1.83 bits per heavy atom. The van der Waals surface area contributed by atoms with Gasteiger partial charge in [0.2, 0.25) is 0 Å². The van der Waals surface area contributed by atoms with Gasteiger partial charge in [0.15, 0.2) is 24.1 Å². The molecule has 2 aromatic carbocycles. The summed E-state index contributed by atoms with van der Waals surface area (Å²) in [5, 5.41) is 9.46. The molecular weight excluding hydrogens is 382 g/mol. The minimum absolute atomic E-state index is 0.148. The van der Waals surface area contributed by atoms with Crippen molar-refractivity contribution in [2.45, 2.75) is 13.0 Å². The SMILES string of the molecule is CCN(C[C@@H]1COc2ccccc2O1)C(=O)C[NH+]1CCN(c2ccc(O)cc2)CC1. The standard InChI is InChI=1S/C23H29N3O4/c1-2-25(15-20-17-29-21-5-3-4-6-22(21)30-20)23(28)16-24-11-13-26(14-12-24)18-7-9-19(27)10-8-18/h3-10,20,27H,2,11-17H2,1H3/p+1/t20-/m1/s1. The molecule has 7 nitrogen and oxygen atoms in total. The second kappa shape index (κ2) is 9.26. The lowest BCUT2D eigenvalue weighted by Gasteiger charge is -2.35. The van der Waals surface area contributed by atoms with Crippen LogP contribution >= 0.6 is 0 Å². The molecule has 2 N–H and O–H groups in total. The molecule has 0 saturated carbocycles. The predicted molar refractivity (Wildman–Crippen MR) is 114 cm³/mol. The number of nitrogens with one attached hydrogen (secondary N) is 1. The average molecular weight is 413 g/mol. The molecule has 2 heterocycles. The molecule has 160 valence electrons. The normalized spacial score (nSPS) is 18.8. The number of quaternary nitrogens is 1. The van der Waals surface area contributed by atoms with Gasteiger partial charge in [0, 0.05) is 12.2 Å². The lowest BCUT2D eigenvalue weighted by molar-refractivity contribution is -0.892. The van der Waals surface area contributed by atoms with Gasteiger partial charge < -0.3 is 29.3 Å². The zero-order chi connectivity index (χ0) is 20.9. The lowest BCUT2D eigenvalue weighted by Crippen LogP contribution is -3.16. The van der Waals surface area contributed by atoms with E-state index in [4.69, 9.17) is 9.47 Å². The van der Waals surface area contributed by atoms with E-state index < -0.39 is 0 Å². The van der Waals surface area contributed by atoms with E-state index in [0.29, 0.717) is 26.2 Å². The Balaban J connectivity index is 1.26. The predicted octanol–water partition coefficient (Wildman–Crippen LogP) is 0.786. The van der Waals surface area contributed by atoms with Crippen LogP contribution in [0.5, 0.6) is 17.2 Å². The highest BCUT2D eigenvalue weighted by molar-refractivity contribution is 5.77. The zero-order valence-electron chi connectivity index (χ0n) is 17.4. The van der Waals surface area contributed by atoms with Gasteiger partial charge in [0.25, 0.3) is 5.91 Å². The largest absolute Gasteiger partial charge is 0.508 e. The molecule has 4 rings (SSSR count). The summed E-state index contributed by atoms with van der Waals surface area (Å²) >= 11 is 0. The van der Waals surface area contributed by atoms with Crippen molar-refractivity contribution in [2.24, 2.45) is 0 Å². The first-order valence-electron chi connectivity index (χ1n) is 10.7. The Morgan fingerprint density at radius 1 is 1.13 bits per heavy atom. The summed E-state index contributed by atoms with van der Waals surface area (Å²) in [5.74, 6) is 1.95. The van der Waals surface area contributed by atoms with E-state index in [1.54, 1.807) is 12.1 Å². The Labute approximate surface area is 177 Å². The van der Waals surface area contributed by atoms with Crippen molar-refractivity contribution in [3.05, 3.63) is 48.5 Å². The maximum absolute atomic E-state index is 12.9. The van der Waals surface area contributed by atoms with Crippen molar-refractivity contribution in [3.63, 3.8) is 0 Å². The fourth-order valence-electron chi connectivity index (χ4n) is 4.05. The lowest BCUT2D eigenvalue weighted by atomic mass is 10.2. The van der Waals surface area contributed by atoms with Gasteiger partial charge >= 0.3 is 0 Å². The first-order chi connectivity index (χ1) is 14.6. The molecule has 1 saturated heterocycles. The number of likely N-dealkylation sites (N-methyl/N-ethyl adjacent to an activating group) is 1. The first kappa shape index (κ1) is 20.3. The molecule has 1 fully saturated rings. The van der Waals surface area contributed by atoms with Crippen LogP contribution in [0.3, 0.4) is 0 Å². The maximum Gasteiger partial charge on any atom is 0.277 e. The summed E-state index contributed by atoms with van der Waals surface area (Å²) in [7, 11) is 0. The number of ether oxygens (including phenoxy) is 2. The van der Waals surface area contributed by atoms with E-state index in [2.05, 4.69) is 4.90 Å². The van der Waals surface area contributed by atoms with Gasteiger partial charge in [0.1, 0.15) is 12.4 Å². The highest BCUT2D eigenvalue weighted by Gasteiger charge is 2.28. The van der Waals surface area contributed by atoms with Crippen LogP contribution in [0.25, 0.3) is 0 Å². The van der Waals surface area contributed by atoms with Gasteiger partial charge in [-0.25, -0.2) is 0 Å². The van der Waals surface area contributed by atoms with E-state index in [0.717, 1.165) is 43.4 Å². The van der Waals surface area contributed by atoms with E-state index in [-0.39, 0.29) is 17.8 Å². The van der Waals surface area contributed by atoms with Crippen LogP contribution < -0.4 is 19.3 Å². The summed E-state index contributed by atoms with van der Waals surface area (Å²) in [6.07, 6.45) is -0.148. The number of carbonyl (C=O) groups excluding carboxylic acids is 1. The quantitative estimate of drug-likeness (QED) is 0.734. The van der Waals surface area contributed by atoms with Gasteiger partial charge in [-0.1, -0.05) is 12.1 Å². The third kappa shape index (κ3) is 4.79. The number of piperazine rings is 1. The van der Waals surface area contributed by atoms with Crippen LogP contribution in [0, 0.1) is 0 Å². The summed E-state index contributed by atoms with van der Waals surface area (Å²) in [5.41, 5.74) is 1.11. The van der Waals surface area contributed by atoms with Crippen molar-refractivity contribution in [1.29, 1.82) is 0 Å². The molecule has 0 radical (unpaired) electrons. The Morgan fingerprint density at radius 3 is 2.53 bits per heavy atom. The Hall–Kier alpha value is -2.93. The van der Waals surface area contributed by atoms with Gasteiger partial charge in [-0.3, -0.25) is 4.79 Å². The molecule has 1 atom stereocenters. The summed E-state index contributed by atoms with van der Waals surface area (Å²) in [6.45, 7) is 7.80. The van der Waals surface area contributed by atoms with Crippen LogP contribution in [-0.4, -0.2) is 74.4 Å². The Kier molecular flexibility index (Phi) is 6.28. The first-order valence-corrected chi connectivity index (χ1v) is 10.7. The summed E-state index contributed by atoms with van der Waals surface area (Å²) < 4.78 is 11.8. The molecule has 0 unspecified atom stereocenters. The van der Waals surface area contributed by atoms with Crippen LogP contribution in [0.4, 0.5) is 5.69 Å². The maximum atomic E-state index is 12.9. The minimum Gasteiger partial charge on any atom is -0.508 e. The third-order valence-electron chi connectivity index (χ3n) is 5.81. The highest BCUT2D eigenvalue weighted by atomic mass is 16.6. The average Bonchev–Trinajstić information content (AvgIpc) is 2.78. The Bertz CT molecular complexity index is 850. The number of nitrogens with zero attached hydrogens (tertiary/aromatic N) is 2. The number of amides is 1. The number of phenolic OH excluding ortho intramolecular Hbond substituents is 1. The molecule has 2 aliphatic rings. The zero-order valence-corrected chi connectivity index (χ0v) is 17.4. The molecule has 0 aliphatic carbocycles. The monoisotopic (exact) mass is 412 g/mol. The summed E-state index contributed by atoms with van der Waals surface area (Å²) in [4.78, 5) is 18.4. The molecule has 2 aliphatic heterocycles. The smallest absolute Gasteiger partial charge is 0.277 e. The van der Waals surface area contributed by atoms with Crippen molar-refractivity contribution in [1.82, 2.24) is 4.90 Å². The van der Waals surface area contributed by atoms with Crippen molar-refractivity contribution in [3.8, 4) is 17.2 Å². The summed E-state index contributed by atoms with van der Waals surface area (Å²) in [6, 6.07) is 15.0. The van der Waals surface area contributed by atoms with Crippen molar-refractivity contribution in [2.75, 3.05) is 57.3 Å². The topological polar surface area (TPSA) is 66.7 Å². The third-order valence-corrected chi connectivity index (χ3v) is 5.81. The highest BCUT2D eigenvalue weighted by Crippen LogP contribution is 2.31. The second-order valence-corrected chi connectivity index (χ2v) is 7.86. The molecule has 1 amide bonds. The number of rotatable bonds is 6. The molecule has 2 aromatic rings. The van der Waals surface area contributed by atoms with Crippen LogP contribution in [0.15, 0.2) is 48.5 Å². The number of fused-ring (bicyclic) bond motifs is 1. The van der Waals surface area contributed by atoms with Gasteiger partial charge in [-0.15, -0.1) is 0 Å². The number of para-hydroxylation sites is 2. The number of hydrogen-bond donors (Lipinski definition) is 2. The number of anilines is 1. The van der Waals surface area contributed by atoms with E-state index >= 15 is 0 Å². The fraction of sp³-hybridized carbons (Fsp3) is 0.435. The van der Waals surface area contributed by atoms with Crippen LogP contribution in [0.1, 0.15) is 6.92 Å². The van der Waals surface area contributed by atoms with Gasteiger partial charge in [0.05, 0.1) is 32.7 Å². The van der Waals surface area contributed by atoms with Crippen molar-refractivity contribution < 1.29 is 24.3 Å². The number of benzene rings is 2. The van der Waals surface area contributed by atoms with Gasteiger partial charge in [-0.05, 0) is 43.3 Å². The number of phenols is 1. The van der Waals surface area contributed by atoms with Crippen LogP contribution in [0.2, 0.25) is 0 Å². The molecular formula is C23H30N3O4+. The molecule has 0 aromatic heterocycles. The van der Waals surface area contributed by atoms with Gasteiger partial charge in [-0.2, -0.15) is 0 Å². The van der Waals surface area contributed by atoms with E-state index in [1.807, 2.05) is 48.2 Å². The van der Waals surface area contributed by atoms with Crippen LogP contribution in [-0.2, 0) is 4.79 Å². The number of aromatic hydroxyl groups is 1. The molecule has 0 spiro atoms. The van der Waals surface area contributed by atoms with E-state index in [1.165, 1.54) is 4.90 Å². The number of hydrogen-bond acceptors (Lipinski definition) is 5. The molecule has 7 heteroatoms. The molecule has 30 heavy (non-hydrogen) atoms. The second-order valence-electron chi connectivity index (χ2n) is 7.86. The minimum atomic E-state index is -0.148. The number of carbonyl (C=O) groups is 1. The fourth-order valence-corrected chi connectivity index (χ4v) is 4.05. The van der Waals surface area contributed by atoms with E-state index in [9.17, 15) is 9.90 Å². The molecule has 0 bridgehead atoms.